The molecule has 1 heterocycles. The fourth-order valence-corrected chi connectivity index (χ4v) is 1.41. The molecule has 0 aliphatic carbocycles. The second-order valence-electron chi connectivity index (χ2n) is 2.10. The molecule has 1 atom stereocenters. The van der Waals surface area contributed by atoms with Gasteiger partial charge in [0.25, 0.3) is 0 Å². The van der Waals surface area contributed by atoms with Crippen LogP contribution in [0, 0.1) is 0 Å². The van der Waals surface area contributed by atoms with Crippen molar-refractivity contribution in [1.29, 1.82) is 0 Å². The minimum absolute atomic E-state index is 0.301. The average molecular weight is 243 g/mol. The van der Waals surface area contributed by atoms with E-state index in [0.29, 0.717) is 6.61 Å². The van der Waals surface area contributed by atoms with Gasteiger partial charge in [-0.05, 0) is 0 Å². The van der Waals surface area contributed by atoms with E-state index in [9.17, 15) is 0 Å². The van der Waals surface area contributed by atoms with E-state index in [1.54, 1.807) is 0 Å². The number of ether oxygens (including phenoxy) is 1. The Balaban J connectivity index is 2.29. The van der Waals surface area contributed by atoms with Crippen molar-refractivity contribution in [2.75, 3.05) is 26.3 Å². The van der Waals surface area contributed by atoms with Crippen molar-refractivity contribution < 1.29 is 9.84 Å². The first-order valence-electron chi connectivity index (χ1n) is 2.95. The van der Waals surface area contributed by atoms with Crippen molar-refractivity contribution in [3.63, 3.8) is 0 Å². The molecule has 1 unspecified atom stereocenters. The van der Waals surface area contributed by atoms with Crippen molar-refractivity contribution in [3.8, 4) is 0 Å². The molecule has 1 fully saturated rings. The third-order valence-electron chi connectivity index (χ3n) is 1.20. The monoisotopic (exact) mass is 243 g/mol. The Kier molecular flexibility index (Phi) is 3.17. The predicted octanol–water partition coefficient (Wildman–Crippen LogP) is 0.0295. The summed E-state index contributed by atoms with van der Waals surface area (Å²) >= 11 is 2.19. The molecule has 4 heteroatoms. The Labute approximate surface area is 68.5 Å². The number of β-amino-alcohol motifs (C(OH)–C–C–N with tert-alkyl or cyclic N) is 1. The third kappa shape index (κ3) is 2.79. The summed E-state index contributed by atoms with van der Waals surface area (Å²) in [5.74, 6) is 0. The number of rotatable bonds is 0. The van der Waals surface area contributed by atoms with Crippen LogP contribution in [0.2, 0.25) is 0 Å². The molecule has 1 aliphatic rings. The van der Waals surface area contributed by atoms with E-state index < -0.39 is 0 Å². The molecule has 0 amide bonds. The number of aliphatic hydroxyl groups excluding tert-OH is 1. The second-order valence-corrected chi connectivity index (χ2v) is 3.46. The molecular formula is C5H10INO2. The Hall–Kier alpha value is 0.610. The first-order valence-corrected chi connectivity index (χ1v) is 3.92. The number of nitrogens with zero attached hydrogens (tertiary/aromatic N) is 1. The van der Waals surface area contributed by atoms with Crippen molar-refractivity contribution in [1.82, 2.24) is 3.11 Å². The summed E-state index contributed by atoms with van der Waals surface area (Å²) < 4.78 is 7.12. The van der Waals surface area contributed by atoms with Gasteiger partial charge in [0.2, 0.25) is 0 Å². The zero-order valence-corrected chi connectivity index (χ0v) is 7.24. The van der Waals surface area contributed by atoms with Crippen molar-refractivity contribution in [2.45, 2.75) is 6.10 Å². The molecule has 1 rings (SSSR count). The minimum Gasteiger partial charge on any atom is -0.389 e. The number of aliphatic hydroxyl groups is 1. The highest BCUT2D eigenvalue weighted by molar-refractivity contribution is 14.1. The number of halogens is 1. The van der Waals surface area contributed by atoms with E-state index >= 15 is 0 Å². The van der Waals surface area contributed by atoms with Crippen LogP contribution >= 0.6 is 22.9 Å². The zero-order chi connectivity index (χ0) is 6.69. The van der Waals surface area contributed by atoms with E-state index in [-0.39, 0.29) is 6.10 Å². The van der Waals surface area contributed by atoms with E-state index in [1.807, 2.05) is 3.11 Å². The fourth-order valence-electron chi connectivity index (χ4n) is 0.756. The largest absolute Gasteiger partial charge is 0.389 e. The van der Waals surface area contributed by atoms with E-state index in [2.05, 4.69) is 22.9 Å². The van der Waals surface area contributed by atoms with E-state index in [4.69, 9.17) is 9.84 Å². The second kappa shape index (κ2) is 3.70. The van der Waals surface area contributed by atoms with Gasteiger partial charge in [-0.15, -0.1) is 0 Å². The predicted molar refractivity (Wildman–Crippen MR) is 42.4 cm³/mol. The average Bonchev–Trinajstić information content (AvgIpc) is 1.93. The Morgan fingerprint density at radius 2 is 2.44 bits per heavy atom. The molecule has 0 aromatic carbocycles. The lowest BCUT2D eigenvalue weighted by Crippen LogP contribution is -2.24. The van der Waals surface area contributed by atoms with Gasteiger partial charge < -0.3 is 9.84 Å². The quantitative estimate of drug-likeness (QED) is 0.481. The molecule has 0 aromatic rings. The van der Waals surface area contributed by atoms with Gasteiger partial charge in [0.1, 0.15) is 0 Å². The topological polar surface area (TPSA) is 32.7 Å². The smallest absolute Gasteiger partial charge is 0.0908 e. The van der Waals surface area contributed by atoms with Crippen molar-refractivity contribution >= 4 is 22.9 Å². The maximum atomic E-state index is 9.09. The van der Waals surface area contributed by atoms with Crippen LogP contribution in [0.3, 0.4) is 0 Å². The Morgan fingerprint density at radius 3 is 3.22 bits per heavy atom. The molecule has 0 radical (unpaired) electrons. The van der Waals surface area contributed by atoms with Gasteiger partial charge in [-0.1, -0.05) is 0 Å². The highest BCUT2D eigenvalue weighted by atomic mass is 127. The highest BCUT2D eigenvalue weighted by Crippen LogP contribution is 2.04. The van der Waals surface area contributed by atoms with Crippen LogP contribution in [0.15, 0.2) is 0 Å². The van der Waals surface area contributed by atoms with E-state index in [1.165, 1.54) is 0 Å². The van der Waals surface area contributed by atoms with Gasteiger partial charge in [-0.2, -0.15) is 0 Å². The molecule has 54 valence electrons. The normalized spacial score (nSPS) is 32.0. The van der Waals surface area contributed by atoms with Gasteiger partial charge in [-0.3, -0.25) is 0 Å². The van der Waals surface area contributed by atoms with Crippen LogP contribution in [0.1, 0.15) is 0 Å². The molecule has 1 aliphatic heterocycles. The van der Waals surface area contributed by atoms with Crippen LogP contribution in [-0.2, 0) is 4.74 Å². The van der Waals surface area contributed by atoms with Gasteiger partial charge in [0.15, 0.2) is 0 Å². The van der Waals surface area contributed by atoms with E-state index in [0.717, 1.165) is 19.7 Å². The summed E-state index contributed by atoms with van der Waals surface area (Å²) in [5.41, 5.74) is 0. The lowest BCUT2D eigenvalue weighted by Gasteiger charge is -2.10. The molecule has 1 N–H and O–H groups in total. The number of hydrogen-bond acceptors (Lipinski definition) is 3. The lowest BCUT2D eigenvalue weighted by molar-refractivity contribution is 0.0586. The number of hydrogen-bond donors (Lipinski definition) is 1. The van der Waals surface area contributed by atoms with Gasteiger partial charge in [0.05, 0.1) is 19.3 Å². The van der Waals surface area contributed by atoms with Crippen LogP contribution < -0.4 is 0 Å². The maximum Gasteiger partial charge on any atom is 0.0908 e. The molecule has 1 saturated heterocycles. The highest BCUT2D eigenvalue weighted by Gasteiger charge is 2.12. The lowest BCUT2D eigenvalue weighted by atomic mass is 10.4. The molecule has 0 saturated carbocycles. The van der Waals surface area contributed by atoms with Crippen molar-refractivity contribution in [2.24, 2.45) is 0 Å². The van der Waals surface area contributed by atoms with Gasteiger partial charge in [0, 0.05) is 36.0 Å². The van der Waals surface area contributed by atoms with Crippen LogP contribution in [0.5, 0.6) is 0 Å². The molecular weight excluding hydrogens is 233 g/mol. The summed E-state index contributed by atoms with van der Waals surface area (Å²) in [7, 11) is 0. The Morgan fingerprint density at radius 1 is 1.67 bits per heavy atom. The van der Waals surface area contributed by atoms with Crippen LogP contribution in [0.25, 0.3) is 0 Å². The molecule has 0 bridgehead atoms. The SMILES string of the molecule is OC1COCCN(I)C1. The van der Waals surface area contributed by atoms with Gasteiger partial charge >= 0.3 is 0 Å². The van der Waals surface area contributed by atoms with Crippen molar-refractivity contribution in [3.05, 3.63) is 0 Å². The molecule has 3 nitrogen and oxygen atoms in total. The summed E-state index contributed by atoms with van der Waals surface area (Å²) in [5, 5.41) is 9.09. The minimum atomic E-state index is -0.301. The first-order chi connectivity index (χ1) is 4.29. The standard InChI is InChI=1S/C5H10INO2/c6-7-1-2-9-4-5(8)3-7/h5,8H,1-4H2. The fraction of sp³-hybridized carbons (Fsp3) is 1.00. The summed E-state index contributed by atoms with van der Waals surface area (Å²) in [6.07, 6.45) is -0.301. The third-order valence-corrected chi connectivity index (χ3v) is 2.07. The molecule has 9 heavy (non-hydrogen) atoms. The Bertz CT molecular complexity index is 81.0. The first kappa shape index (κ1) is 7.71. The summed E-state index contributed by atoms with van der Waals surface area (Å²) in [4.78, 5) is 0. The zero-order valence-electron chi connectivity index (χ0n) is 5.09. The van der Waals surface area contributed by atoms with Gasteiger partial charge in [-0.25, -0.2) is 3.11 Å². The molecule has 0 spiro atoms. The summed E-state index contributed by atoms with van der Waals surface area (Å²) in [6.45, 7) is 2.86. The van der Waals surface area contributed by atoms with Crippen LogP contribution in [-0.4, -0.2) is 40.6 Å². The maximum absolute atomic E-state index is 9.09. The summed E-state index contributed by atoms with van der Waals surface area (Å²) in [6, 6.07) is 0. The molecule has 0 aromatic heterocycles. The van der Waals surface area contributed by atoms with Crippen LogP contribution in [0.4, 0.5) is 0 Å².